The number of nitrogens with zero attached hydrogens (tertiary/aromatic N) is 3. The number of H-pyrrole nitrogens is 1. The Kier molecular flexibility index (Phi) is 3.02. The van der Waals surface area contributed by atoms with Crippen molar-refractivity contribution < 1.29 is 14.6 Å². The molecule has 0 saturated carbocycles. The SMILES string of the molecule is COc1cc(C2CC(=O)Nc3c2c(=O)[nH]c2ncnn32)ccc1O. The normalized spacial score (nSPS) is 16.7. The molecule has 9 nitrogen and oxygen atoms in total. The number of carbonyl (C=O) groups excluding carboxylic acids is 1. The summed E-state index contributed by atoms with van der Waals surface area (Å²) in [6.07, 6.45) is 1.40. The fraction of sp³-hybridized carbons (Fsp3) is 0.200. The second kappa shape index (κ2) is 5.08. The first-order valence-electron chi connectivity index (χ1n) is 7.21. The highest BCUT2D eigenvalue weighted by Gasteiger charge is 2.32. The number of anilines is 1. The van der Waals surface area contributed by atoms with Gasteiger partial charge in [-0.05, 0) is 17.7 Å². The number of aromatic nitrogens is 4. The number of hydrogen-bond donors (Lipinski definition) is 3. The number of amides is 1. The number of benzene rings is 1. The molecule has 1 unspecified atom stereocenters. The Morgan fingerprint density at radius 3 is 3.00 bits per heavy atom. The van der Waals surface area contributed by atoms with Crippen molar-refractivity contribution in [1.29, 1.82) is 0 Å². The molecule has 1 atom stereocenters. The standard InChI is InChI=1S/C15H13N5O4/c1-24-10-4-7(2-3-9(10)21)8-5-11(22)18-13-12(8)14(23)19-15-16-6-17-20(13)15/h2-4,6,8,21H,5H2,1H3,(H,18,22)(H,16,17,19,23). The Hall–Kier alpha value is -3.36. The second-order valence-electron chi connectivity index (χ2n) is 5.45. The minimum absolute atomic E-state index is 0.0117. The number of nitrogens with one attached hydrogen (secondary N) is 2. The zero-order chi connectivity index (χ0) is 16.8. The lowest BCUT2D eigenvalue weighted by molar-refractivity contribution is -0.116. The predicted molar refractivity (Wildman–Crippen MR) is 83.4 cm³/mol. The van der Waals surface area contributed by atoms with Gasteiger partial charge in [-0.1, -0.05) is 6.07 Å². The number of ether oxygens (including phenoxy) is 1. The van der Waals surface area contributed by atoms with Crippen molar-refractivity contribution in [2.45, 2.75) is 12.3 Å². The van der Waals surface area contributed by atoms with Gasteiger partial charge in [-0.15, -0.1) is 0 Å². The van der Waals surface area contributed by atoms with Gasteiger partial charge in [0.25, 0.3) is 5.56 Å². The third-order valence-corrected chi connectivity index (χ3v) is 4.09. The van der Waals surface area contributed by atoms with Gasteiger partial charge >= 0.3 is 0 Å². The first kappa shape index (κ1) is 14.2. The van der Waals surface area contributed by atoms with Crippen molar-refractivity contribution in [3.8, 4) is 11.5 Å². The lowest BCUT2D eigenvalue weighted by Gasteiger charge is -2.25. The van der Waals surface area contributed by atoms with E-state index in [0.29, 0.717) is 16.9 Å². The maximum Gasteiger partial charge on any atom is 0.258 e. The highest BCUT2D eigenvalue weighted by molar-refractivity contribution is 5.94. The van der Waals surface area contributed by atoms with Crippen LogP contribution in [0.15, 0.2) is 29.3 Å². The van der Waals surface area contributed by atoms with Crippen LogP contribution in [0.5, 0.6) is 11.5 Å². The third-order valence-electron chi connectivity index (χ3n) is 4.09. The maximum absolute atomic E-state index is 12.5. The van der Waals surface area contributed by atoms with E-state index in [0.717, 1.165) is 0 Å². The Bertz CT molecular complexity index is 1020. The summed E-state index contributed by atoms with van der Waals surface area (Å²) in [6, 6.07) is 4.76. The van der Waals surface area contributed by atoms with Crippen molar-refractivity contribution in [3.63, 3.8) is 0 Å². The summed E-state index contributed by atoms with van der Waals surface area (Å²) >= 11 is 0. The van der Waals surface area contributed by atoms with E-state index in [1.54, 1.807) is 12.1 Å². The molecule has 122 valence electrons. The van der Waals surface area contributed by atoms with Crippen molar-refractivity contribution in [1.82, 2.24) is 19.6 Å². The van der Waals surface area contributed by atoms with E-state index in [1.807, 2.05) is 0 Å². The van der Waals surface area contributed by atoms with Crippen molar-refractivity contribution in [3.05, 3.63) is 46.0 Å². The van der Waals surface area contributed by atoms with Crippen LogP contribution in [0.3, 0.4) is 0 Å². The Morgan fingerprint density at radius 1 is 1.38 bits per heavy atom. The molecule has 0 bridgehead atoms. The number of methoxy groups -OCH3 is 1. The van der Waals surface area contributed by atoms with Crippen LogP contribution in [-0.4, -0.2) is 37.7 Å². The smallest absolute Gasteiger partial charge is 0.258 e. The molecular weight excluding hydrogens is 314 g/mol. The molecule has 9 heteroatoms. The van der Waals surface area contributed by atoms with Gasteiger partial charge in [0.1, 0.15) is 12.1 Å². The van der Waals surface area contributed by atoms with Gasteiger partial charge in [0.15, 0.2) is 11.5 Å². The molecule has 1 aromatic carbocycles. The van der Waals surface area contributed by atoms with Crippen LogP contribution in [-0.2, 0) is 4.79 Å². The average Bonchev–Trinajstić information content (AvgIpc) is 3.03. The average molecular weight is 327 g/mol. The molecule has 3 heterocycles. The number of hydrogen-bond acceptors (Lipinski definition) is 6. The molecule has 24 heavy (non-hydrogen) atoms. The largest absolute Gasteiger partial charge is 0.504 e. The van der Waals surface area contributed by atoms with Gasteiger partial charge in [0.05, 0.1) is 12.7 Å². The summed E-state index contributed by atoms with van der Waals surface area (Å²) in [7, 11) is 1.44. The van der Waals surface area contributed by atoms with E-state index < -0.39 is 5.92 Å². The van der Waals surface area contributed by atoms with Crippen LogP contribution in [0.25, 0.3) is 5.78 Å². The second-order valence-corrected chi connectivity index (χ2v) is 5.45. The summed E-state index contributed by atoms with van der Waals surface area (Å²) in [6.45, 7) is 0. The van der Waals surface area contributed by atoms with E-state index in [4.69, 9.17) is 4.74 Å². The topological polar surface area (TPSA) is 122 Å². The van der Waals surface area contributed by atoms with E-state index in [-0.39, 0.29) is 35.2 Å². The Balaban J connectivity index is 1.96. The van der Waals surface area contributed by atoms with Crippen LogP contribution in [0.4, 0.5) is 5.82 Å². The molecule has 0 spiro atoms. The zero-order valence-electron chi connectivity index (χ0n) is 12.6. The van der Waals surface area contributed by atoms with E-state index in [1.165, 1.54) is 24.0 Å². The maximum atomic E-state index is 12.5. The number of carbonyl (C=O) groups is 1. The molecule has 2 aromatic heterocycles. The van der Waals surface area contributed by atoms with Crippen LogP contribution < -0.4 is 15.6 Å². The van der Waals surface area contributed by atoms with Gasteiger partial charge in [0, 0.05) is 12.3 Å². The summed E-state index contributed by atoms with van der Waals surface area (Å²) in [4.78, 5) is 31.3. The Labute approximate surface area is 134 Å². The number of phenolic OH excluding ortho intramolecular Hbond substituents is 1. The predicted octanol–water partition coefficient (Wildman–Crippen LogP) is 0.606. The van der Waals surface area contributed by atoms with Gasteiger partial charge in [-0.3, -0.25) is 14.6 Å². The molecule has 1 aliphatic rings. The third kappa shape index (κ3) is 2.02. The van der Waals surface area contributed by atoms with E-state index in [9.17, 15) is 14.7 Å². The zero-order valence-corrected chi connectivity index (χ0v) is 12.6. The molecule has 3 N–H and O–H groups in total. The summed E-state index contributed by atoms with van der Waals surface area (Å²) in [5.41, 5.74) is 0.730. The van der Waals surface area contributed by atoms with Crippen LogP contribution in [0, 0.1) is 0 Å². The fourth-order valence-corrected chi connectivity index (χ4v) is 2.99. The van der Waals surface area contributed by atoms with Crippen molar-refractivity contribution >= 4 is 17.5 Å². The number of aromatic amines is 1. The van der Waals surface area contributed by atoms with Gasteiger partial charge in [-0.2, -0.15) is 14.6 Å². The number of aromatic hydroxyl groups is 1. The molecular formula is C15H13N5O4. The molecule has 0 aliphatic carbocycles. The lowest BCUT2D eigenvalue weighted by Crippen LogP contribution is -2.32. The molecule has 0 radical (unpaired) electrons. The summed E-state index contributed by atoms with van der Waals surface area (Å²) < 4.78 is 6.50. The van der Waals surface area contributed by atoms with E-state index in [2.05, 4.69) is 20.4 Å². The quantitative estimate of drug-likeness (QED) is 0.634. The van der Waals surface area contributed by atoms with Crippen molar-refractivity contribution in [2.75, 3.05) is 12.4 Å². The molecule has 3 aromatic rings. The number of rotatable bonds is 2. The van der Waals surface area contributed by atoms with Gasteiger partial charge in [0.2, 0.25) is 11.7 Å². The van der Waals surface area contributed by atoms with Crippen LogP contribution >= 0.6 is 0 Å². The molecule has 1 amide bonds. The minimum Gasteiger partial charge on any atom is -0.504 e. The highest BCUT2D eigenvalue weighted by Crippen LogP contribution is 2.37. The Morgan fingerprint density at radius 2 is 2.21 bits per heavy atom. The van der Waals surface area contributed by atoms with Crippen LogP contribution in [0.2, 0.25) is 0 Å². The highest BCUT2D eigenvalue weighted by atomic mass is 16.5. The lowest BCUT2D eigenvalue weighted by atomic mass is 9.86. The van der Waals surface area contributed by atoms with Gasteiger partial charge < -0.3 is 15.2 Å². The van der Waals surface area contributed by atoms with Crippen LogP contribution in [0.1, 0.15) is 23.5 Å². The number of phenols is 1. The first-order chi connectivity index (χ1) is 11.6. The summed E-state index contributed by atoms with van der Waals surface area (Å²) in [5, 5.41) is 16.5. The van der Waals surface area contributed by atoms with Gasteiger partial charge in [-0.25, -0.2) is 0 Å². The monoisotopic (exact) mass is 327 g/mol. The fourth-order valence-electron chi connectivity index (χ4n) is 2.99. The molecule has 4 rings (SSSR count). The first-order valence-corrected chi connectivity index (χ1v) is 7.21. The minimum atomic E-state index is -0.486. The summed E-state index contributed by atoms with van der Waals surface area (Å²) in [5.74, 6) is 0.103. The van der Waals surface area contributed by atoms with Crippen molar-refractivity contribution in [2.24, 2.45) is 0 Å². The molecule has 1 aliphatic heterocycles. The van der Waals surface area contributed by atoms with E-state index >= 15 is 0 Å². The molecule has 0 fully saturated rings. The molecule has 0 saturated heterocycles. The number of fused-ring (bicyclic) bond motifs is 3.